The van der Waals surface area contributed by atoms with Crippen LogP contribution in [0.15, 0.2) is 10.6 Å². The molecular formula is C11H18N2O. The van der Waals surface area contributed by atoms with Gasteiger partial charge in [-0.1, -0.05) is 25.7 Å². The topological polar surface area (TPSA) is 38.1 Å². The number of nitrogens with one attached hydrogen (secondary N) is 1. The van der Waals surface area contributed by atoms with Crippen molar-refractivity contribution in [3.05, 3.63) is 12.0 Å². The van der Waals surface area contributed by atoms with Crippen LogP contribution >= 0.6 is 0 Å². The lowest BCUT2D eigenvalue weighted by atomic mass is 10.1. The molecule has 0 atom stereocenters. The molecule has 0 saturated heterocycles. The molecule has 0 unspecified atom stereocenters. The summed E-state index contributed by atoms with van der Waals surface area (Å²) < 4.78 is 5.40. The second kappa shape index (κ2) is 4.49. The monoisotopic (exact) mass is 194 g/mol. The summed E-state index contributed by atoms with van der Waals surface area (Å²) in [6, 6.07) is 1.25. The Kier molecular flexibility index (Phi) is 3.07. The van der Waals surface area contributed by atoms with Crippen molar-refractivity contribution in [3.8, 4) is 0 Å². The van der Waals surface area contributed by atoms with Gasteiger partial charge in [-0.3, -0.25) is 0 Å². The second-order valence-corrected chi connectivity index (χ2v) is 4.11. The molecule has 3 heteroatoms. The van der Waals surface area contributed by atoms with Crippen molar-refractivity contribution >= 4 is 6.01 Å². The second-order valence-electron chi connectivity index (χ2n) is 4.11. The van der Waals surface area contributed by atoms with Crippen LogP contribution in [0.2, 0.25) is 0 Å². The van der Waals surface area contributed by atoms with Gasteiger partial charge in [0.2, 0.25) is 0 Å². The molecule has 14 heavy (non-hydrogen) atoms. The van der Waals surface area contributed by atoms with E-state index in [9.17, 15) is 0 Å². The van der Waals surface area contributed by atoms with Crippen LogP contribution in [0.25, 0.3) is 0 Å². The first-order valence-electron chi connectivity index (χ1n) is 5.53. The first-order valence-corrected chi connectivity index (χ1v) is 5.53. The van der Waals surface area contributed by atoms with Gasteiger partial charge in [-0.25, -0.2) is 4.98 Å². The Morgan fingerprint density at radius 3 is 2.57 bits per heavy atom. The number of hydrogen-bond donors (Lipinski definition) is 1. The molecule has 0 amide bonds. The average Bonchev–Trinajstić information content (AvgIpc) is 2.43. The van der Waals surface area contributed by atoms with Crippen LogP contribution in [-0.4, -0.2) is 11.0 Å². The summed E-state index contributed by atoms with van der Waals surface area (Å²) in [5.74, 6) is 0.876. The Morgan fingerprint density at radius 1 is 1.29 bits per heavy atom. The van der Waals surface area contributed by atoms with E-state index in [2.05, 4.69) is 10.3 Å². The molecule has 0 bridgehead atoms. The first-order chi connectivity index (χ1) is 6.84. The minimum atomic E-state index is 0.565. The van der Waals surface area contributed by atoms with Crippen LogP contribution in [0, 0.1) is 6.92 Å². The van der Waals surface area contributed by atoms with Crippen LogP contribution in [0.3, 0.4) is 0 Å². The minimum Gasteiger partial charge on any atom is -0.429 e. The maximum atomic E-state index is 5.40. The number of aryl methyl sites for hydroxylation is 1. The summed E-state index contributed by atoms with van der Waals surface area (Å²) in [5, 5.41) is 3.36. The third kappa shape index (κ3) is 2.50. The molecule has 78 valence electrons. The largest absolute Gasteiger partial charge is 0.429 e. The van der Waals surface area contributed by atoms with Gasteiger partial charge >= 0.3 is 0 Å². The summed E-state index contributed by atoms with van der Waals surface area (Å²) in [7, 11) is 0. The Balaban J connectivity index is 1.89. The van der Waals surface area contributed by atoms with Crippen LogP contribution < -0.4 is 5.32 Å². The zero-order valence-electron chi connectivity index (χ0n) is 8.75. The highest BCUT2D eigenvalue weighted by Gasteiger charge is 2.13. The molecule has 1 aliphatic rings. The Labute approximate surface area is 84.9 Å². The Hall–Kier alpha value is -0.990. The van der Waals surface area contributed by atoms with Crippen molar-refractivity contribution in [2.75, 3.05) is 5.32 Å². The zero-order chi connectivity index (χ0) is 9.80. The van der Waals surface area contributed by atoms with Crippen LogP contribution in [-0.2, 0) is 0 Å². The van der Waals surface area contributed by atoms with Gasteiger partial charge in [-0.05, 0) is 19.8 Å². The quantitative estimate of drug-likeness (QED) is 0.735. The molecule has 1 aliphatic carbocycles. The van der Waals surface area contributed by atoms with Gasteiger partial charge in [0.1, 0.15) is 5.76 Å². The maximum Gasteiger partial charge on any atom is 0.294 e. The number of nitrogens with zero attached hydrogens (tertiary/aromatic N) is 1. The highest BCUT2D eigenvalue weighted by Crippen LogP contribution is 2.20. The highest BCUT2D eigenvalue weighted by molar-refractivity contribution is 5.21. The normalized spacial score (nSPS) is 19.2. The van der Waals surface area contributed by atoms with E-state index in [0.717, 1.165) is 5.76 Å². The fourth-order valence-corrected chi connectivity index (χ4v) is 2.02. The van der Waals surface area contributed by atoms with Gasteiger partial charge in [0.15, 0.2) is 0 Å². The fourth-order valence-electron chi connectivity index (χ4n) is 2.02. The molecule has 0 radical (unpaired) electrons. The molecule has 1 N–H and O–H groups in total. The van der Waals surface area contributed by atoms with E-state index in [1.165, 1.54) is 38.5 Å². The van der Waals surface area contributed by atoms with Crippen molar-refractivity contribution < 1.29 is 4.42 Å². The lowest BCUT2D eigenvalue weighted by molar-refractivity contribution is 0.516. The molecule has 1 fully saturated rings. The summed E-state index contributed by atoms with van der Waals surface area (Å²) in [6.45, 7) is 1.92. The maximum absolute atomic E-state index is 5.40. The van der Waals surface area contributed by atoms with Crippen LogP contribution in [0.4, 0.5) is 6.01 Å². The Morgan fingerprint density at radius 2 is 2.00 bits per heavy atom. The van der Waals surface area contributed by atoms with Gasteiger partial charge in [0.05, 0.1) is 6.20 Å². The van der Waals surface area contributed by atoms with Crippen LogP contribution in [0.1, 0.15) is 44.3 Å². The summed E-state index contributed by atoms with van der Waals surface area (Å²) in [4.78, 5) is 4.16. The van der Waals surface area contributed by atoms with E-state index in [4.69, 9.17) is 4.42 Å². The third-order valence-electron chi connectivity index (χ3n) is 2.80. The fraction of sp³-hybridized carbons (Fsp3) is 0.727. The lowest BCUT2D eigenvalue weighted by Gasteiger charge is -2.13. The zero-order valence-corrected chi connectivity index (χ0v) is 8.75. The molecule has 3 nitrogen and oxygen atoms in total. The molecule has 1 aromatic heterocycles. The smallest absolute Gasteiger partial charge is 0.294 e. The number of rotatable bonds is 2. The van der Waals surface area contributed by atoms with E-state index in [1.54, 1.807) is 6.20 Å². The van der Waals surface area contributed by atoms with Crippen molar-refractivity contribution in [1.29, 1.82) is 0 Å². The van der Waals surface area contributed by atoms with Gasteiger partial charge in [-0.2, -0.15) is 0 Å². The van der Waals surface area contributed by atoms with Gasteiger partial charge in [-0.15, -0.1) is 0 Å². The van der Waals surface area contributed by atoms with Crippen molar-refractivity contribution in [3.63, 3.8) is 0 Å². The lowest BCUT2D eigenvalue weighted by Crippen LogP contribution is -2.18. The van der Waals surface area contributed by atoms with Gasteiger partial charge in [0, 0.05) is 6.04 Å². The van der Waals surface area contributed by atoms with E-state index in [1.807, 2.05) is 6.92 Å². The van der Waals surface area contributed by atoms with Crippen molar-refractivity contribution in [2.24, 2.45) is 0 Å². The third-order valence-corrected chi connectivity index (χ3v) is 2.80. The van der Waals surface area contributed by atoms with E-state index in [-0.39, 0.29) is 0 Å². The number of oxazole rings is 1. The summed E-state index contributed by atoms with van der Waals surface area (Å²) in [5.41, 5.74) is 0. The molecule has 2 rings (SSSR count). The molecule has 1 heterocycles. The predicted molar refractivity (Wildman–Crippen MR) is 56.4 cm³/mol. The Bertz CT molecular complexity index is 275. The highest BCUT2D eigenvalue weighted by atomic mass is 16.4. The molecule has 1 aromatic rings. The number of aromatic nitrogens is 1. The number of anilines is 1. The summed E-state index contributed by atoms with van der Waals surface area (Å²) >= 11 is 0. The SMILES string of the molecule is Cc1cnc(NC2CCCCCC2)o1. The van der Waals surface area contributed by atoms with Gasteiger partial charge in [0.25, 0.3) is 6.01 Å². The van der Waals surface area contributed by atoms with E-state index < -0.39 is 0 Å². The van der Waals surface area contributed by atoms with Crippen LogP contribution in [0.5, 0.6) is 0 Å². The standard InChI is InChI=1S/C11H18N2O/c1-9-8-12-11(14-9)13-10-6-4-2-3-5-7-10/h8,10H,2-7H2,1H3,(H,12,13). The first kappa shape index (κ1) is 9.56. The van der Waals surface area contributed by atoms with E-state index in [0.29, 0.717) is 12.1 Å². The molecule has 0 aliphatic heterocycles. The van der Waals surface area contributed by atoms with Crippen molar-refractivity contribution in [1.82, 2.24) is 4.98 Å². The summed E-state index contributed by atoms with van der Waals surface area (Å²) in [6.07, 6.45) is 9.68. The average molecular weight is 194 g/mol. The molecule has 0 aromatic carbocycles. The molecule has 0 spiro atoms. The van der Waals surface area contributed by atoms with E-state index >= 15 is 0 Å². The van der Waals surface area contributed by atoms with Crippen molar-refractivity contribution in [2.45, 2.75) is 51.5 Å². The minimum absolute atomic E-state index is 0.565. The molecule has 1 saturated carbocycles. The molecular weight excluding hydrogens is 176 g/mol. The number of hydrogen-bond acceptors (Lipinski definition) is 3. The van der Waals surface area contributed by atoms with Gasteiger partial charge < -0.3 is 9.73 Å². The predicted octanol–water partition coefficient (Wildman–Crippen LogP) is 3.12.